The Morgan fingerprint density at radius 3 is 2.48 bits per heavy atom. The molecule has 0 saturated carbocycles. The van der Waals surface area contributed by atoms with Crippen molar-refractivity contribution in [3.05, 3.63) is 93.3 Å². The molecule has 31 heavy (non-hydrogen) atoms. The molecule has 1 heterocycles. The average molecular weight is 436 g/mol. The first-order valence-electron chi connectivity index (χ1n) is 10.5. The van der Waals surface area contributed by atoms with Crippen molar-refractivity contribution in [3.63, 3.8) is 0 Å². The van der Waals surface area contributed by atoms with Crippen LogP contribution in [0.4, 0.5) is 0 Å². The number of Topliss-reactive ketones (excluding diaryl/α,β-unsaturated/α-hetero) is 1. The van der Waals surface area contributed by atoms with Crippen LogP contribution in [0.5, 0.6) is 0 Å². The first-order valence-corrected chi connectivity index (χ1v) is 10.8. The summed E-state index contributed by atoms with van der Waals surface area (Å²) in [4.78, 5) is 26.6. The summed E-state index contributed by atoms with van der Waals surface area (Å²) in [6.07, 6.45) is 1.17. The van der Waals surface area contributed by atoms with E-state index >= 15 is 0 Å². The van der Waals surface area contributed by atoms with Crippen LogP contribution < -0.4 is 5.32 Å². The zero-order chi connectivity index (χ0) is 22.2. The fourth-order valence-corrected chi connectivity index (χ4v) is 4.77. The highest BCUT2D eigenvalue weighted by Gasteiger charge is 2.43. The van der Waals surface area contributed by atoms with Gasteiger partial charge in [-0.2, -0.15) is 0 Å². The molecule has 5 heteroatoms. The Hall–Kier alpha value is -2.85. The van der Waals surface area contributed by atoms with E-state index in [2.05, 4.69) is 19.2 Å². The van der Waals surface area contributed by atoms with E-state index < -0.39 is 11.9 Å². The van der Waals surface area contributed by atoms with Crippen molar-refractivity contribution in [2.45, 2.75) is 46.1 Å². The number of rotatable bonds is 4. The minimum Gasteiger partial charge on any atom is -0.457 e. The van der Waals surface area contributed by atoms with Crippen molar-refractivity contribution in [3.8, 4) is 0 Å². The van der Waals surface area contributed by atoms with Gasteiger partial charge < -0.3 is 10.1 Å². The lowest BCUT2D eigenvalue weighted by atomic mass is 9.68. The lowest BCUT2D eigenvalue weighted by Gasteiger charge is -2.39. The molecule has 0 bridgehead atoms. The van der Waals surface area contributed by atoms with Crippen LogP contribution in [0.25, 0.3) is 0 Å². The van der Waals surface area contributed by atoms with Crippen LogP contribution in [0.2, 0.25) is 5.02 Å². The molecule has 4 rings (SSSR count). The number of hydrogen-bond donors (Lipinski definition) is 1. The molecule has 0 fully saturated rings. The second-order valence-corrected chi connectivity index (χ2v) is 9.42. The summed E-state index contributed by atoms with van der Waals surface area (Å²) in [5.74, 6) is -0.940. The van der Waals surface area contributed by atoms with Crippen LogP contribution in [0.15, 0.2) is 77.1 Å². The fraction of sp³-hybridized carbons (Fsp3) is 0.308. The molecule has 0 spiro atoms. The highest BCUT2D eigenvalue weighted by molar-refractivity contribution is 6.31. The van der Waals surface area contributed by atoms with Gasteiger partial charge in [0.05, 0.1) is 5.57 Å². The van der Waals surface area contributed by atoms with Crippen LogP contribution in [-0.2, 0) is 20.9 Å². The van der Waals surface area contributed by atoms with Crippen molar-refractivity contribution < 1.29 is 14.3 Å². The van der Waals surface area contributed by atoms with E-state index in [0.29, 0.717) is 28.3 Å². The Balaban J connectivity index is 1.75. The third-order valence-electron chi connectivity index (χ3n) is 5.89. The zero-order valence-corrected chi connectivity index (χ0v) is 18.8. The predicted molar refractivity (Wildman–Crippen MR) is 121 cm³/mol. The number of hydrogen-bond acceptors (Lipinski definition) is 4. The number of halogens is 1. The Morgan fingerprint density at radius 2 is 1.77 bits per heavy atom. The van der Waals surface area contributed by atoms with Gasteiger partial charge in [-0.25, -0.2) is 4.79 Å². The van der Waals surface area contributed by atoms with Crippen LogP contribution >= 0.6 is 11.6 Å². The maximum absolute atomic E-state index is 13.3. The molecule has 2 aliphatic rings. The van der Waals surface area contributed by atoms with E-state index in [4.69, 9.17) is 16.3 Å². The maximum Gasteiger partial charge on any atom is 0.337 e. The van der Waals surface area contributed by atoms with Gasteiger partial charge in [-0.05, 0) is 36.0 Å². The quantitative estimate of drug-likeness (QED) is 0.627. The topological polar surface area (TPSA) is 55.4 Å². The normalized spacial score (nSPS) is 20.3. The Kier molecular flexibility index (Phi) is 5.76. The number of ketones is 1. The SMILES string of the molecule is CC1=C(C(=O)OCc2ccccc2)[C@@H](c2ccccc2Cl)C2=C(CC(C)(C)CC2=O)N1. The third-order valence-corrected chi connectivity index (χ3v) is 6.23. The minimum absolute atomic E-state index is 0.0459. The van der Waals surface area contributed by atoms with Crippen molar-refractivity contribution >= 4 is 23.4 Å². The first-order chi connectivity index (χ1) is 14.8. The fourth-order valence-electron chi connectivity index (χ4n) is 4.53. The largest absolute Gasteiger partial charge is 0.457 e. The molecule has 160 valence electrons. The van der Waals surface area contributed by atoms with Crippen molar-refractivity contribution in [2.24, 2.45) is 5.41 Å². The van der Waals surface area contributed by atoms with Crippen molar-refractivity contribution in [2.75, 3.05) is 0 Å². The smallest absolute Gasteiger partial charge is 0.337 e. The van der Waals surface area contributed by atoms with Gasteiger partial charge in [-0.15, -0.1) is 0 Å². The molecule has 1 aliphatic heterocycles. The van der Waals surface area contributed by atoms with Crippen LogP contribution in [0, 0.1) is 5.41 Å². The number of carbonyl (C=O) groups is 2. The van der Waals surface area contributed by atoms with Gasteiger partial charge in [0.25, 0.3) is 0 Å². The minimum atomic E-state index is -0.545. The Labute approximate surface area is 187 Å². The van der Waals surface area contributed by atoms with E-state index in [-0.39, 0.29) is 17.8 Å². The molecule has 4 nitrogen and oxygen atoms in total. The van der Waals surface area contributed by atoms with Crippen molar-refractivity contribution in [1.82, 2.24) is 5.32 Å². The Morgan fingerprint density at radius 1 is 1.10 bits per heavy atom. The molecule has 2 aromatic carbocycles. The number of carbonyl (C=O) groups excluding carboxylic acids is 2. The highest BCUT2D eigenvalue weighted by Crippen LogP contribution is 2.48. The lowest BCUT2D eigenvalue weighted by molar-refractivity contribution is -0.140. The molecule has 0 radical (unpaired) electrons. The number of benzene rings is 2. The molecule has 1 aliphatic carbocycles. The number of nitrogens with one attached hydrogen (secondary N) is 1. The van der Waals surface area contributed by atoms with Crippen LogP contribution in [-0.4, -0.2) is 11.8 Å². The van der Waals surface area contributed by atoms with E-state index in [1.54, 1.807) is 6.07 Å². The zero-order valence-electron chi connectivity index (χ0n) is 18.0. The molecule has 0 unspecified atom stereocenters. The van der Waals surface area contributed by atoms with Gasteiger partial charge in [-0.1, -0.05) is 74.0 Å². The van der Waals surface area contributed by atoms with Crippen LogP contribution in [0.3, 0.4) is 0 Å². The standard InChI is InChI=1S/C26H26ClNO3/c1-16-22(25(30)31-15-17-9-5-4-6-10-17)23(18-11-7-8-12-19(18)27)24-20(28-16)13-26(2,3)14-21(24)29/h4-12,23,28H,13-15H2,1-3H3/t23-/m1/s1. The van der Waals surface area contributed by atoms with Gasteiger partial charge in [0.1, 0.15) is 6.61 Å². The second-order valence-electron chi connectivity index (χ2n) is 9.01. The summed E-state index contributed by atoms with van der Waals surface area (Å²) < 4.78 is 5.67. The third kappa shape index (κ3) is 4.31. The lowest BCUT2D eigenvalue weighted by Crippen LogP contribution is -2.38. The maximum atomic E-state index is 13.3. The second kappa shape index (κ2) is 8.35. The first kappa shape index (κ1) is 21.4. The number of esters is 1. The molecule has 2 aromatic rings. The summed E-state index contributed by atoms with van der Waals surface area (Å²) in [7, 11) is 0. The summed E-state index contributed by atoms with van der Waals surface area (Å²) in [6, 6.07) is 16.9. The van der Waals surface area contributed by atoms with Crippen LogP contribution in [0.1, 0.15) is 50.7 Å². The molecular weight excluding hydrogens is 410 g/mol. The van der Waals surface area contributed by atoms with E-state index in [1.807, 2.05) is 55.5 Å². The van der Waals surface area contributed by atoms with Gasteiger partial charge in [0.2, 0.25) is 0 Å². The van der Waals surface area contributed by atoms with Gasteiger partial charge in [-0.3, -0.25) is 4.79 Å². The number of allylic oxidation sites excluding steroid dienone is 3. The molecule has 0 amide bonds. The van der Waals surface area contributed by atoms with Gasteiger partial charge in [0, 0.05) is 34.3 Å². The van der Waals surface area contributed by atoms with E-state index in [9.17, 15) is 9.59 Å². The summed E-state index contributed by atoms with van der Waals surface area (Å²) >= 11 is 6.55. The molecule has 0 aromatic heterocycles. The average Bonchev–Trinajstić information content (AvgIpc) is 2.71. The predicted octanol–water partition coefficient (Wildman–Crippen LogP) is 5.69. The van der Waals surface area contributed by atoms with Crippen molar-refractivity contribution in [1.29, 1.82) is 0 Å². The molecule has 1 N–H and O–H groups in total. The summed E-state index contributed by atoms with van der Waals surface area (Å²) in [5, 5.41) is 3.88. The highest BCUT2D eigenvalue weighted by atomic mass is 35.5. The number of dihydropyridines is 1. The van der Waals surface area contributed by atoms with Gasteiger partial charge >= 0.3 is 5.97 Å². The summed E-state index contributed by atoms with van der Waals surface area (Å²) in [5.41, 5.74) is 4.16. The van der Waals surface area contributed by atoms with E-state index in [1.165, 1.54) is 0 Å². The monoisotopic (exact) mass is 435 g/mol. The van der Waals surface area contributed by atoms with E-state index in [0.717, 1.165) is 23.2 Å². The summed E-state index contributed by atoms with van der Waals surface area (Å²) in [6.45, 7) is 6.20. The number of ether oxygens (including phenoxy) is 1. The molecular formula is C26H26ClNO3. The molecule has 0 saturated heterocycles. The molecule has 1 atom stereocenters. The Bertz CT molecular complexity index is 1100. The van der Waals surface area contributed by atoms with Gasteiger partial charge in [0.15, 0.2) is 5.78 Å².